The molecule has 0 saturated heterocycles. The molecule has 2 aromatic rings. The van der Waals surface area contributed by atoms with Gasteiger partial charge in [0.2, 0.25) is 0 Å². The Bertz CT molecular complexity index is 722. The number of amides is 1. The molecule has 0 aliphatic heterocycles. The summed E-state index contributed by atoms with van der Waals surface area (Å²) in [6.07, 6.45) is 4.21. The van der Waals surface area contributed by atoms with E-state index >= 15 is 0 Å². The highest BCUT2D eigenvalue weighted by Crippen LogP contribution is 2.14. The number of nitrogens with zero attached hydrogens (tertiary/aromatic N) is 1. The van der Waals surface area contributed by atoms with Crippen molar-refractivity contribution in [3.8, 4) is 5.75 Å². The van der Waals surface area contributed by atoms with E-state index in [1.165, 1.54) is 0 Å². The maximum atomic E-state index is 12.4. The average Bonchev–Trinajstić information content (AvgIpc) is 2.70. The highest BCUT2D eigenvalue weighted by atomic mass is 16.5. The lowest BCUT2D eigenvalue weighted by Crippen LogP contribution is -2.20. The number of carbonyl (C=O) groups is 1. The predicted octanol–water partition coefficient (Wildman–Crippen LogP) is 5.44. The quantitative estimate of drug-likeness (QED) is 0.346. The Balaban J connectivity index is 2.02. The van der Waals surface area contributed by atoms with Crippen LogP contribution in [0.3, 0.4) is 0 Å². The SMILES string of the molecule is CCCCCC(=NNC(=O)c1ccc(OCC(C)C)cc1)c1ccccc1. The van der Waals surface area contributed by atoms with Crippen LogP contribution in [0.15, 0.2) is 59.7 Å². The Morgan fingerprint density at radius 1 is 1.00 bits per heavy atom. The van der Waals surface area contributed by atoms with Crippen molar-refractivity contribution in [1.82, 2.24) is 5.43 Å². The molecule has 0 radical (unpaired) electrons. The summed E-state index contributed by atoms with van der Waals surface area (Å²) in [5.41, 5.74) is 5.23. The van der Waals surface area contributed by atoms with Gasteiger partial charge in [-0.2, -0.15) is 5.10 Å². The minimum absolute atomic E-state index is 0.214. The van der Waals surface area contributed by atoms with E-state index < -0.39 is 0 Å². The molecule has 0 unspecified atom stereocenters. The van der Waals surface area contributed by atoms with Crippen LogP contribution in [-0.2, 0) is 0 Å². The van der Waals surface area contributed by atoms with Crippen LogP contribution >= 0.6 is 0 Å². The normalized spacial score (nSPS) is 11.5. The van der Waals surface area contributed by atoms with Gasteiger partial charge in [0.25, 0.3) is 5.91 Å². The molecule has 1 N–H and O–H groups in total. The van der Waals surface area contributed by atoms with Crippen LogP contribution in [0.4, 0.5) is 0 Å². The molecule has 4 nitrogen and oxygen atoms in total. The van der Waals surface area contributed by atoms with Crippen LogP contribution in [-0.4, -0.2) is 18.2 Å². The monoisotopic (exact) mass is 366 g/mol. The smallest absolute Gasteiger partial charge is 0.271 e. The number of hydrazone groups is 1. The topological polar surface area (TPSA) is 50.7 Å². The van der Waals surface area contributed by atoms with Crippen LogP contribution in [0, 0.1) is 5.92 Å². The van der Waals surface area contributed by atoms with Gasteiger partial charge in [-0.15, -0.1) is 0 Å². The molecule has 1 amide bonds. The molecule has 4 heteroatoms. The van der Waals surface area contributed by atoms with Crippen molar-refractivity contribution in [2.75, 3.05) is 6.61 Å². The summed E-state index contributed by atoms with van der Waals surface area (Å²) in [6, 6.07) is 17.2. The molecule has 144 valence electrons. The number of unbranched alkanes of at least 4 members (excludes halogenated alkanes) is 2. The van der Waals surface area contributed by atoms with Crippen LogP contribution in [0.2, 0.25) is 0 Å². The minimum Gasteiger partial charge on any atom is -0.493 e. The molecule has 0 bridgehead atoms. The highest BCUT2D eigenvalue weighted by Gasteiger charge is 2.08. The number of hydrogen-bond donors (Lipinski definition) is 1. The predicted molar refractivity (Wildman–Crippen MR) is 111 cm³/mol. The van der Waals surface area contributed by atoms with Gasteiger partial charge >= 0.3 is 0 Å². The van der Waals surface area contributed by atoms with Crippen molar-refractivity contribution in [2.45, 2.75) is 46.5 Å². The average molecular weight is 367 g/mol. The third kappa shape index (κ3) is 7.26. The molecule has 0 atom stereocenters. The number of ether oxygens (including phenoxy) is 1. The van der Waals surface area contributed by atoms with Crippen molar-refractivity contribution in [3.05, 3.63) is 65.7 Å². The number of carbonyl (C=O) groups excluding carboxylic acids is 1. The van der Waals surface area contributed by atoms with Crippen molar-refractivity contribution < 1.29 is 9.53 Å². The summed E-state index contributed by atoms with van der Waals surface area (Å²) in [4.78, 5) is 12.4. The van der Waals surface area contributed by atoms with Gasteiger partial charge in [-0.25, -0.2) is 5.43 Å². The molecule has 0 heterocycles. The molecule has 27 heavy (non-hydrogen) atoms. The van der Waals surface area contributed by atoms with Crippen LogP contribution in [0.5, 0.6) is 5.75 Å². The van der Waals surface area contributed by atoms with Crippen molar-refractivity contribution in [3.63, 3.8) is 0 Å². The number of benzene rings is 2. The van der Waals surface area contributed by atoms with Crippen molar-refractivity contribution >= 4 is 11.6 Å². The first-order valence-electron chi connectivity index (χ1n) is 9.75. The fraction of sp³-hybridized carbons (Fsp3) is 0.391. The summed E-state index contributed by atoms with van der Waals surface area (Å²) >= 11 is 0. The van der Waals surface area contributed by atoms with Gasteiger partial charge in [-0.3, -0.25) is 4.79 Å². The highest BCUT2D eigenvalue weighted by molar-refractivity contribution is 6.02. The molecule has 2 aromatic carbocycles. The lowest BCUT2D eigenvalue weighted by atomic mass is 10.0. The maximum Gasteiger partial charge on any atom is 0.271 e. The standard InChI is InChI=1S/C23H30N2O2/c1-4-5-7-12-22(19-10-8-6-9-11-19)24-25-23(26)20-13-15-21(16-14-20)27-17-18(2)3/h6,8-11,13-16,18H,4-5,7,12,17H2,1-3H3,(H,25,26). The lowest BCUT2D eigenvalue weighted by Gasteiger charge is -2.09. The zero-order valence-electron chi connectivity index (χ0n) is 16.6. The Kier molecular flexibility index (Phi) is 8.56. The minimum atomic E-state index is -0.214. The zero-order chi connectivity index (χ0) is 19.5. The third-order valence-corrected chi connectivity index (χ3v) is 4.12. The number of nitrogens with one attached hydrogen (secondary N) is 1. The molecule has 2 rings (SSSR count). The molecule has 0 spiro atoms. The van der Waals surface area contributed by atoms with E-state index in [2.05, 4.69) is 31.3 Å². The summed E-state index contributed by atoms with van der Waals surface area (Å²) in [5, 5.41) is 4.41. The zero-order valence-corrected chi connectivity index (χ0v) is 16.6. The fourth-order valence-electron chi connectivity index (χ4n) is 2.59. The van der Waals surface area contributed by atoms with Crippen molar-refractivity contribution in [1.29, 1.82) is 0 Å². The molecular formula is C23H30N2O2. The largest absolute Gasteiger partial charge is 0.493 e. The van der Waals surface area contributed by atoms with E-state index in [1.807, 2.05) is 42.5 Å². The second-order valence-corrected chi connectivity index (χ2v) is 7.05. The molecular weight excluding hydrogens is 336 g/mol. The molecule has 0 aliphatic rings. The van der Waals surface area contributed by atoms with E-state index in [1.54, 1.807) is 12.1 Å². The van der Waals surface area contributed by atoms with E-state index in [0.717, 1.165) is 42.7 Å². The Hall–Kier alpha value is -2.62. The van der Waals surface area contributed by atoms with Gasteiger partial charge in [0.05, 0.1) is 12.3 Å². The Labute approximate surface area is 162 Å². The van der Waals surface area contributed by atoms with Gasteiger partial charge < -0.3 is 4.74 Å². The van der Waals surface area contributed by atoms with E-state index in [9.17, 15) is 4.79 Å². The molecule has 0 aromatic heterocycles. The van der Waals surface area contributed by atoms with Gasteiger partial charge in [-0.1, -0.05) is 63.9 Å². The second kappa shape index (κ2) is 11.2. The molecule has 0 aliphatic carbocycles. The van der Waals surface area contributed by atoms with Gasteiger partial charge in [0, 0.05) is 5.56 Å². The van der Waals surface area contributed by atoms with E-state index in [-0.39, 0.29) is 5.91 Å². The second-order valence-electron chi connectivity index (χ2n) is 7.05. The van der Waals surface area contributed by atoms with Crippen molar-refractivity contribution in [2.24, 2.45) is 11.0 Å². The first kappa shape index (κ1) is 20.7. The van der Waals surface area contributed by atoms with Gasteiger partial charge in [-0.05, 0) is 48.6 Å². The number of rotatable bonds is 10. The maximum absolute atomic E-state index is 12.4. The Morgan fingerprint density at radius 2 is 1.70 bits per heavy atom. The fourth-order valence-corrected chi connectivity index (χ4v) is 2.59. The summed E-state index contributed by atoms with van der Waals surface area (Å²) < 4.78 is 5.65. The van der Waals surface area contributed by atoms with Crippen LogP contribution < -0.4 is 10.2 Å². The summed E-state index contributed by atoms with van der Waals surface area (Å²) in [6.45, 7) is 7.04. The molecule has 0 saturated carbocycles. The Morgan fingerprint density at radius 3 is 2.33 bits per heavy atom. The summed E-state index contributed by atoms with van der Waals surface area (Å²) in [5.74, 6) is 1.02. The van der Waals surface area contributed by atoms with Crippen LogP contribution in [0.1, 0.15) is 62.4 Å². The molecule has 0 fully saturated rings. The number of hydrogen-bond acceptors (Lipinski definition) is 3. The first-order valence-corrected chi connectivity index (χ1v) is 9.75. The van der Waals surface area contributed by atoms with Gasteiger partial charge in [0.15, 0.2) is 0 Å². The van der Waals surface area contributed by atoms with Gasteiger partial charge in [0.1, 0.15) is 5.75 Å². The lowest BCUT2D eigenvalue weighted by molar-refractivity contribution is 0.0954. The van der Waals surface area contributed by atoms with E-state index in [0.29, 0.717) is 18.1 Å². The van der Waals surface area contributed by atoms with E-state index in [4.69, 9.17) is 4.74 Å². The third-order valence-electron chi connectivity index (χ3n) is 4.12. The summed E-state index contributed by atoms with van der Waals surface area (Å²) in [7, 11) is 0. The van der Waals surface area contributed by atoms with Crippen LogP contribution in [0.25, 0.3) is 0 Å². The first-order chi connectivity index (χ1) is 13.1.